The van der Waals surface area contributed by atoms with E-state index in [1.807, 2.05) is 18.2 Å². The van der Waals surface area contributed by atoms with Crippen LogP contribution in [0.1, 0.15) is 24.1 Å². The maximum atomic E-state index is 12.8. The fraction of sp³-hybridized carbons (Fsp3) is 0.238. The molecular formula is C21H20F3N7. The average molecular weight is 427 g/mol. The summed E-state index contributed by atoms with van der Waals surface area (Å²) in [5.41, 5.74) is 1.20. The Labute approximate surface area is 176 Å². The molecule has 3 aromatic heterocycles. The highest BCUT2D eigenvalue weighted by Crippen LogP contribution is 2.29. The van der Waals surface area contributed by atoms with Gasteiger partial charge in [-0.1, -0.05) is 37.3 Å². The Balaban J connectivity index is 1.58. The summed E-state index contributed by atoms with van der Waals surface area (Å²) < 4.78 is 39.9. The van der Waals surface area contributed by atoms with Crippen molar-refractivity contribution in [3.05, 3.63) is 66.1 Å². The molecule has 0 aliphatic heterocycles. The van der Waals surface area contributed by atoms with Gasteiger partial charge in [0.25, 0.3) is 0 Å². The molecule has 1 atom stereocenters. The van der Waals surface area contributed by atoms with Crippen LogP contribution in [0, 0.1) is 0 Å². The lowest BCUT2D eigenvalue weighted by Crippen LogP contribution is -2.13. The van der Waals surface area contributed by atoms with Gasteiger partial charge in [-0.15, -0.1) is 0 Å². The molecule has 4 aromatic rings. The zero-order valence-corrected chi connectivity index (χ0v) is 16.9. The van der Waals surface area contributed by atoms with Gasteiger partial charge in [-0.3, -0.25) is 4.68 Å². The highest BCUT2D eigenvalue weighted by atomic mass is 19.4. The van der Waals surface area contributed by atoms with Crippen LogP contribution in [0.5, 0.6) is 0 Å². The Hall–Kier alpha value is -3.69. The van der Waals surface area contributed by atoms with Crippen LogP contribution < -0.4 is 10.6 Å². The van der Waals surface area contributed by atoms with Crippen molar-refractivity contribution in [1.82, 2.24) is 24.7 Å². The van der Waals surface area contributed by atoms with Crippen molar-refractivity contribution in [2.24, 2.45) is 7.05 Å². The molecule has 0 aliphatic rings. The molecule has 0 fully saturated rings. The van der Waals surface area contributed by atoms with Crippen molar-refractivity contribution in [1.29, 1.82) is 0 Å². The van der Waals surface area contributed by atoms with Crippen molar-refractivity contribution < 1.29 is 13.2 Å². The first-order valence-electron chi connectivity index (χ1n) is 9.60. The van der Waals surface area contributed by atoms with Gasteiger partial charge in [-0.05, 0) is 23.6 Å². The van der Waals surface area contributed by atoms with Gasteiger partial charge in [0, 0.05) is 13.6 Å². The number of nitrogens with one attached hydrogen (secondary N) is 2. The molecule has 0 bridgehead atoms. The minimum Gasteiger partial charge on any atom is -0.353 e. The van der Waals surface area contributed by atoms with Gasteiger partial charge in [0.05, 0.1) is 23.5 Å². The highest BCUT2D eigenvalue weighted by Gasteiger charge is 2.32. The van der Waals surface area contributed by atoms with E-state index in [1.54, 1.807) is 17.9 Å². The van der Waals surface area contributed by atoms with Crippen molar-refractivity contribution >= 4 is 28.5 Å². The number of hydrogen-bond acceptors (Lipinski definition) is 6. The van der Waals surface area contributed by atoms with E-state index in [0.29, 0.717) is 35.0 Å². The molecule has 0 saturated carbocycles. The lowest BCUT2D eigenvalue weighted by atomic mass is 10.0. The first kappa shape index (κ1) is 20.6. The van der Waals surface area contributed by atoms with E-state index in [1.165, 1.54) is 11.6 Å². The maximum Gasteiger partial charge on any atom is 0.433 e. The SMILES string of the molecule is CC(CNc1nc(Nc2ccc(C(F)(F)F)nc2)c2cnn(C)c2n1)c1ccccc1. The van der Waals surface area contributed by atoms with Crippen LogP contribution in [0.4, 0.5) is 30.6 Å². The maximum absolute atomic E-state index is 12.8. The Kier molecular flexibility index (Phi) is 5.45. The molecule has 160 valence electrons. The molecule has 4 rings (SSSR count). The van der Waals surface area contributed by atoms with Gasteiger partial charge >= 0.3 is 6.18 Å². The lowest BCUT2D eigenvalue weighted by molar-refractivity contribution is -0.141. The van der Waals surface area contributed by atoms with Gasteiger partial charge in [0.2, 0.25) is 5.95 Å². The van der Waals surface area contributed by atoms with Crippen molar-refractivity contribution in [2.45, 2.75) is 19.0 Å². The number of alkyl halides is 3. The minimum atomic E-state index is -4.49. The summed E-state index contributed by atoms with van der Waals surface area (Å²) in [6.07, 6.45) is -1.76. The Morgan fingerprint density at radius 2 is 1.81 bits per heavy atom. The van der Waals surface area contributed by atoms with Crippen LogP contribution in [0.3, 0.4) is 0 Å². The summed E-state index contributed by atoms with van der Waals surface area (Å²) in [4.78, 5) is 12.5. The van der Waals surface area contributed by atoms with E-state index in [9.17, 15) is 13.2 Å². The van der Waals surface area contributed by atoms with Crippen LogP contribution in [-0.2, 0) is 13.2 Å². The normalized spacial score (nSPS) is 12.7. The molecule has 0 amide bonds. The van der Waals surface area contributed by atoms with Crippen LogP contribution in [-0.4, -0.2) is 31.3 Å². The van der Waals surface area contributed by atoms with E-state index in [2.05, 4.69) is 49.7 Å². The van der Waals surface area contributed by atoms with Gasteiger partial charge in [-0.2, -0.15) is 28.2 Å². The third kappa shape index (κ3) is 4.57. The number of benzene rings is 1. The summed E-state index contributed by atoms with van der Waals surface area (Å²) in [7, 11) is 1.76. The summed E-state index contributed by atoms with van der Waals surface area (Å²) >= 11 is 0. The van der Waals surface area contributed by atoms with E-state index < -0.39 is 11.9 Å². The van der Waals surface area contributed by atoms with Gasteiger partial charge < -0.3 is 10.6 Å². The zero-order valence-electron chi connectivity index (χ0n) is 16.9. The second-order valence-corrected chi connectivity index (χ2v) is 7.15. The fourth-order valence-electron chi connectivity index (χ4n) is 3.11. The lowest BCUT2D eigenvalue weighted by Gasteiger charge is -2.14. The average Bonchev–Trinajstić information content (AvgIpc) is 3.13. The predicted octanol–water partition coefficient (Wildman–Crippen LogP) is 4.74. The van der Waals surface area contributed by atoms with Crippen LogP contribution >= 0.6 is 0 Å². The molecule has 3 heterocycles. The number of aromatic nitrogens is 5. The number of fused-ring (bicyclic) bond motifs is 1. The molecule has 0 spiro atoms. The Morgan fingerprint density at radius 3 is 2.48 bits per heavy atom. The second kappa shape index (κ2) is 8.21. The topological polar surface area (TPSA) is 80.5 Å². The van der Waals surface area contributed by atoms with Crippen molar-refractivity contribution in [2.75, 3.05) is 17.2 Å². The summed E-state index contributed by atoms with van der Waals surface area (Å²) in [6, 6.07) is 12.3. The quantitative estimate of drug-likeness (QED) is 0.463. The standard InChI is InChI=1S/C21H20F3N7/c1-13(14-6-4-3-5-7-14)10-26-20-29-18(16-12-27-31(2)19(16)30-20)28-15-8-9-17(25-11-15)21(22,23)24/h3-9,11-13H,10H2,1-2H3,(H2,26,28,29,30). The van der Waals surface area contributed by atoms with Crippen molar-refractivity contribution in [3.63, 3.8) is 0 Å². The predicted molar refractivity (Wildman–Crippen MR) is 112 cm³/mol. The molecule has 0 aliphatic carbocycles. The molecule has 1 unspecified atom stereocenters. The van der Waals surface area contributed by atoms with E-state index in [0.717, 1.165) is 12.3 Å². The third-order valence-corrected chi connectivity index (χ3v) is 4.84. The molecule has 31 heavy (non-hydrogen) atoms. The molecule has 1 aromatic carbocycles. The first-order chi connectivity index (χ1) is 14.8. The monoisotopic (exact) mass is 427 g/mol. The van der Waals surface area contributed by atoms with E-state index in [4.69, 9.17) is 0 Å². The molecule has 10 heteroatoms. The number of anilines is 3. The van der Waals surface area contributed by atoms with Crippen LogP contribution in [0.25, 0.3) is 11.0 Å². The van der Waals surface area contributed by atoms with Crippen molar-refractivity contribution in [3.8, 4) is 0 Å². The van der Waals surface area contributed by atoms with Crippen LogP contribution in [0.15, 0.2) is 54.9 Å². The zero-order chi connectivity index (χ0) is 22.0. The summed E-state index contributed by atoms with van der Waals surface area (Å²) in [5.74, 6) is 1.04. The smallest absolute Gasteiger partial charge is 0.353 e. The second-order valence-electron chi connectivity index (χ2n) is 7.15. The van der Waals surface area contributed by atoms with E-state index >= 15 is 0 Å². The molecule has 0 saturated heterocycles. The fourth-order valence-corrected chi connectivity index (χ4v) is 3.11. The molecule has 2 N–H and O–H groups in total. The Bertz CT molecular complexity index is 1170. The number of halogens is 3. The highest BCUT2D eigenvalue weighted by molar-refractivity contribution is 5.89. The Morgan fingerprint density at radius 1 is 1.03 bits per heavy atom. The number of rotatable bonds is 6. The largest absolute Gasteiger partial charge is 0.433 e. The van der Waals surface area contributed by atoms with Crippen LogP contribution in [0.2, 0.25) is 0 Å². The number of aryl methyl sites for hydroxylation is 1. The summed E-state index contributed by atoms with van der Waals surface area (Å²) in [5, 5.41) is 11.1. The van der Waals surface area contributed by atoms with Gasteiger partial charge in [0.15, 0.2) is 5.65 Å². The third-order valence-electron chi connectivity index (χ3n) is 4.84. The van der Waals surface area contributed by atoms with Gasteiger partial charge in [0.1, 0.15) is 11.5 Å². The summed E-state index contributed by atoms with van der Waals surface area (Å²) in [6.45, 7) is 2.70. The number of pyridine rings is 1. The number of nitrogens with zero attached hydrogens (tertiary/aromatic N) is 5. The first-order valence-corrected chi connectivity index (χ1v) is 9.60. The molecule has 0 radical (unpaired) electrons. The van der Waals surface area contributed by atoms with E-state index in [-0.39, 0.29) is 5.92 Å². The molecular weight excluding hydrogens is 407 g/mol. The number of hydrogen-bond donors (Lipinski definition) is 2. The van der Waals surface area contributed by atoms with Gasteiger partial charge in [-0.25, -0.2) is 4.98 Å². The minimum absolute atomic E-state index is 0.225. The molecule has 7 nitrogen and oxygen atoms in total.